The largest absolute Gasteiger partial charge is 0.368 e. The molecule has 0 aromatic heterocycles. The third kappa shape index (κ3) is 8.48. The number of hydrogen-bond donors (Lipinski definition) is 4. The van der Waals surface area contributed by atoms with Crippen molar-refractivity contribution in [1.82, 2.24) is 15.5 Å². The molecule has 1 aromatic carbocycles. The first-order valence-electron chi connectivity index (χ1n) is 11.6. The molecule has 1 aromatic rings. The number of anilines is 1. The number of nitrogens with one attached hydrogen (secondary N) is 3. The molecule has 1 aliphatic rings. The second kappa shape index (κ2) is 11.5. The van der Waals surface area contributed by atoms with Crippen LogP contribution in [0.4, 0.5) is 19.3 Å². The van der Waals surface area contributed by atoms with Gasteiger partial charge in [-0.3, -0.25) is 14.4 Å². The molecule has 1 heterocycles. The molecule has 3 atom stereocenters. The number of likely N-dealkylation sites (tertiary alicyclic amines) is 1. The van der Waals surface area contributed by atoms with Gasteiger partial charge in [0.15, 0.2) is 0 Å². The van der Waals surface area contributed by atoms with Gasteiger partial charge < -0.3 is 26.6 Å². The first-order valence-corrected chi connectivity index (χ1v) is 11.6. The van der Waals surface area contributed by atoms with Crippen LogP contribution in [0.25, 0.3) is 0 Å². The molecule has 194 valence electrons. The van der Waals surface area contributed by atoms with Crippen LogP contribution in [0.2, 0.25) is 0 Å². The summed E-state index contributed by atoms with van der Waals surface area (Å²) in [6.45, 7) is 9.50. The van der Waals surface area contributed by atoms with Crippen molar-refractivity contribution < 1.29 is 28.0 Å². The fourth-order valence-electron chi connectivity index (χ4n) is 3.94. The van der Waals surface area contributed by atoms with Gasteiger partial charge in [0.1, 0.15) is 23.7 Å². The van der Waals surface area contributed by atoms with Crippen molar-refractivity contribution in [3.63, 3.8) is 0 Å². The van der Waals surface area contributed by atoms with Crippen LogP contribution in [-0.2, 0) is 14.4 Å². The molecular formula is C24H35F2N5O4. The Balaban J connectivity index is 2.15. The highest BCUT2D eigenvalue weighted by molar-refractivity contribution is 5.93. The summed E-state index contributed by atoms with van der Waals surface area (Å²) >= 11 is 0. The molecule has 0 saturated carbocycles. The van der Waals surface area contributed by atoms with Crippen LogP contribution in [0, 0.1) is 23.0 Å². The molecule has 0 bridgehead atoms. The maximum absolute atomic E-state index is 13.9. The third-order valence-corrected chi connectivity index (χ3v) is 5.49. The Hall–Kier alpha value is -3.24. The monoisotopic (exact) mass is 495 g/mol. The van der Waals surface area contributed by atoms with Crippen LogP contribution in [0.1, 0.15) is 53.9 Å². The zero-order chi connectivity index (χ0) is 26.5. The second-order valence-corrected chi connectivity index (χ2v) is 10.5. The first kappa shape index (κ1) is 28.0. The molecular weight excluding hydrogens is 460 g/mol. The highest BCUT2D eigenvalue weighted by atomic mass is 19.1. The number of primary amides is 1. The average Bonchev–Trinajstić information content (AvgIpc) is 3.12. The number of hydrogen-bond acceptors (Lipinski definition) is 4. The summed E-state index contributed by atoms with van der Waals surface area (Å²) in [6, 6.07) is -0.452. The SMILES string of the molecule is CC(C)C[C@H](NC(=O)[C@H]1C[C@H](NC(=O)Nc2ccc(F)cc2F)CN1C(=O)CC(C)(C)C)C(N)=O. The van der Waals surface area contributed by atoms with Crippen LogP contribution < -0.4 is 21.7 Å². The van der Waals surface area contributed by atoms with Crippen LogP contribution in [0.5, 0.6) is 0 Å². The highest BCUT2D eigenvalue weighted by Crippen LogP contribution is 2.26. The summed E-state index contributed by atoms with van der Waals surface area (Å²) in [6.07, 6.45) is 0.604. The minimum Gasteiger partial charge on any atom is -0.368 e. The van der Waals surface area contributed by atoms with Crippen molar-refractivity contribution in [2.75, 3.05) is 11.9 Å². The zero-order valence-electron chi connectivity index (χ0n) is 20.8. The summed E-state index contributed by atoms with van der Waals surface area (Å²) in [5, 5.41) is 7.58. The third-order valence-electron chi connectivity index (χ3n) is 5.49. The van der Waals surface area contributed by atoms with Gasteiger partial charge in [-0.2, -0.15) is 0 Å². The molecule has 0 spiro atoms. The molecule has 2 rings (SSSR count). The highest BCUT2D eigenvalue weighted by Gasteiger charge is 2.41. The molecule has 0 radical (unpaired) electrons. The topological polar surface area (TPSA) is 134 Å². The van der Waals surface area contributed by atoms with E-state index in [4.69, 9.17) is 5.73 Å². The van der Waals surface area contributed by atoms with E-state index < -0.39 is 47.6 Å². The number of nitrogens with two attached hydrogens (primary N) is 1. The average molecular weight is 496 g/mol. The molecule has 0 aliphatic carbocycles. The van der Waals surface area contributed by atoms with Crippen LogP contribution in [0.15, 0.2) is 18.2 Å². The van der Waals surface area contributed by atoms with Crippen molar-refractivity contribution in [2.24, 2.45) is 17.1 Å². The van der Waals surface area contributed by atoms with E-state index in [2.05, 4.69) is 16.0 Å². The number of benzene rings is 1. The lowest BCUT2D eigenvalue weighted by atomic mass is 9.91. The number of urea groups is 1. The summed E-state index contributed by atoms with van der Waals surface area (Å²) in [5.74, 6) is -3.10. The normalized spacial score (nSPS) is 18.8. The lowest BCUT2D eigenvalue weighted by Gasteiger charge is -2.28. The maximum Gasteiger partial charge on any atom is 0.319 e. The zero-order valence-corrected chi connectivity index (χ0v) is 20.8. The Morgan fingerprint density at radius 1 is 1.17 bits per heavy atom. The van der Waals surface area contributed by atoms with E-state index in [1.807, 2.05) is 34.6 Å². The van der Waals surface area contributed by atoms with Gasteiger partial charge in [0.05, 0.1) is 11.7 Å². The van der Waals surface area contributed by atoms with E-state index in [0.29, 0.717) is 12.5 Å². The molecule has 35 heavy (non-hydrogen) atoms. The predicted octanol–water partition coefficient (Wildman–Crippen LogP) is 2.51. The van der Waals surface area contributed by atoms with E-state index in [-0.39, 0.29) is 42.3 Å². The minimum absolute atomic E-state index is 0.0533. The number of carbonyl (C=O) groups excluding carboxylic acids is 4. The smallest absolute Gasteiger partial charge is 0.319 e. The van der Waals surface area contributed by atoms with E-state index in [1.54, 1.807) is 0 Å². The molecule has 11 heteroatoms. The molecule has 9 nitrogen and oxygen atoms in total. The van der Waals surface area contributed by atoms with Gasteiger partial charge in [0, 0.05) is 19.0 Å². The van der Waals surface area contributed by atoms with Gasteiger partial charge in [0.2, 0.25) is 17.7 Å². The maximum atomic E-state index is 13.9. The van der Waals surface area contributed by atoms with Gasteiger partial charge in [-0.1, -0.05) is 34.6 Å². The molecule has 1 fully saturated rings. The van der Waals surface area contributed by atoms with Gasteiger partial charge in [-0.25, -0.2) is 13.6 Å². The molecule has 1 aliphatic heterocycles. The Morgan fingerprint density at radius 2 is 1.83 bits per heavy atom. The van der Waals surface area contributed by atoms with Gasteiger partial charge in [0.25, 0.3) is 0 Å². The van der Waals surface area contributed by atoms with Crippen molar-refractivity contribution in [1.29, 1.82) is 0 Å². The Kier molecular flexibility index (Phi) is 9.17. The molecule has 1 saturated heterocycles. The Morgan fingerprint density at radius 3 is 2.37 bits per heavy atom. The number of amides is 5. The van der Waals surface area contributed by atoms with E-state index in [9.17, 15) is 28.0 Å². The van der Waals surface area contributed by atoms with Crippen molar-refractivity contribution in [2.45, 2.75) is 72.0 Å². The molecule has 0 unspecified atom stereocenters. The van der Waals surface area contributed by atoms with E-state index in [1.165, 1.54) is 4.90 Å². The van der Waals surface area contributed by atoms with Crippen molar-refractivity contribution >= 4 is 29.4 Å². The van der Waals surface area contributed by atoms with Gasteiger partial charge in [-0.15, -0.1) is 0 Å². The van der Waals surface area contributed by atoms with Crippen molar-refractivity contribution in [3.8, 4) is 0 Å². The fourth-order valence-corrected chi connectivity index (χ4v) is 3.94. The fraction of sp³-hybridized carbons (Fsp3) is 0.583. The lowest BCUT2D eigenvalue weighted by Crippen LogP contribution is -2.52. The quantitative estimate of drug-likeness (QED) is 0.441. The second-order valence-electron chi connectivity index (χ2n) is 10.5. The predicted molar refractivity (Wildman–Crippen MR) is 127 cm³/mol. The summed E-state index contributed by atoms with van der Waals surface area (Å²) in [5.41, 5.74) is 4.89. The van der Waals surface area contributed by atoms with E-state index >= 15 is 0 Å². The Labute approximate surface area is 204 Å². The molecule has 5 amide bonds. The summed E-state index contributed by atoms with van der Waals surface area (Å²) in [7, 11) is 0. The minimum atomic E-state index is -0.937. The van der Waals surface area contributed by atoms with Gasteiger partial charge in [-0.05, 0) is 36.3 Å². The summed E-state index contributed by atoms with van der Waals surface area (Å²) < 4.78 is 27.0. The van der Waals surface area contributed by atoms with Gasteiger partial charge >= 0.3 is 6.03 Å². The standard InChI is InChI=1S/C24H35F2N5O4/c1-13(2)8-18(21(27)33)29-22(34)19-10-15(12-31(19)20(32)11-24(3,4)5)28-23(35)30-17-7-6-14(25)9-16(17)26/h6-7,9,13,15,18-19H,8,10-12H2,1-5H3,(H2,27,33)(H,29,34)(H2,28,30,35)/t15-,18-,19+/m0/s1. The summed E-state index contributed by atoms with van der Waals surface area (Å²) in [4.78, 5) is 51.8. The Bertz CT molecular complexity index is 964. The van der Waals surface area contributed by atoms with Crippen LogP contribution in [0.3, 0.4) is 0 Å². The van der Waals surface area contributed by atoms with Crippen LogP contribution >= 0.6 is 0 Å². The first-order chi connectivity index (χ1) is 16.2. The number of rotatable bonds is 8. The number of halogens is 2. The van der Waals surface area contributed by atoms with Crippen molar-refractivity contribution in [3.05, 3.63) is 29.8 Å². The van der Waals surface area contributed by atoms with Crippen LogP contribution in [-0.4, -0.2) is 53.3 Å². The molecule has 5 N–H and O–H groups in total. The number of nitrogens with zero attached hydrogens (tertiary/aromatic N) is 1. The number of carbonyl (C=O) groups is 4. The van der Waals surface area contributed by atoms with E-state index in [0.717, 1.165) is 12.1 Å². The lowest BCUT2D eigenvalue weighted by molar-refractivity contribution is -0.140.